The Balaban J connectivity index is 0. The molecule has 0 fully saturated rings. The van der Waals surface area contributed by atoms with Crippen LogP contribution >= 0.6 is 0 Å². The third kappa shape index (κ3) is 8.86. The summed E-state index contributed by atoms with van der Waals surface area (Å²) in [5.74, 6) is 0. The SMILES string of the molecule is [Co].[Ir].[Ni].[Ru]. The van der Waals surface area contributed by atoms with Crippen LogP contribution in [0.2, 0.25) is 0 Å². The Kier molecular flexibility index (Phi) is 157. The van der Waals surface area contributed by atoms with Gasteiger partial charge >= 0.3 is 0 Å². The van der Waals surface area contributed by atoms with Gasteiger partial charge in [-0.3, -0.25) is 0 Å². The first kappa shape index (κ1) is 33.8. The minimum absolute atomic E-state index is 0. The van der Waals surface area contributed by atoms with Crippen molar-refractivity contribution in [3.05, 3.63) is 0 Å². The maximum absolute atomic E-state index is 0. The molecule has 0 saturated carbocycles. The molecule has 4 heteroatoms. The summed E-state index contributed by atoms with van der Waals surface area (Å²) in [5.41, 5.74) is 0. The van der Waals surface area contributed by atoms with Crippen LogP contribution in [0, 0.1) is 0 Å². The molecule has 36 valence electrons. The van der Waals surface area contributed by atoms with E-state index in [0.29, 0.717) is 0 Å². The van der Waals surface area contributed by atoms with Crippen LogP contribution in [0.3, 0.4) is 0 Å². The molecule has 0 aromatic carbocycles. The number of hydrogen-bond acceptors (Lipinski definition) is 0. The minimum Gasteiger partial charge on any atom is 0 e. The van der Waals surface area contributed by atoms with Gasteiger partial charge in [-0.2, -0.15) is 0 Å². The molecule has 0 bridgehead atoms. The quantitative estimate of drug-likeness (QED) is 0.493. The third-order valence-corrected chi connectivity index (χ3v) is 0. The standard InChI is InChI=1S/Co.Ir.Ni.Ru. The van der Waals surface area contributed by atoms with E-state index in [9.17, 15) is 0 Å². The van der Waals surface area contributed by atoms with Gasteiger partial charge in [0.15, 0.2) is 0 Å². The van der Waals surface area contributed by atoms with Gasteiger partial charge in [0, 0.05) is 72.9 Å². The molecule has 0 unspecified atom stereocenters. The molecular weight excluding hydrogens is 411 g/mol. The molecule has 0 nitrogen and oxygen atoms in total. The van der Waals surface area contributed by atoms with Crippen LogP contribution in [0.5, 0.6) is 0 Å². The molecule has 0 aliphatic heterocycles. The van der Waals surface area contributed by atoms with E-state index in [0.717, 1.165) is 0 Å². The van der Waals surface area contributed by atoms with Crippen molar-refractivity contribution in [3.8, 4) is 0 Å². The van der Waals surface area contributed by atoms with E-state index >= 15 is 0 Å². The van der Waals surface area contributed by atoms with E-state index in [1.165, 1.54) is 0 Å². The molecule has 4 heavy (non-hydrogen) atoms. The number of hydrogen-bond donors (Lipinski definition) is 0. The van der Waals surface area contributed by atoms with Gasteiger partial charge in [-0.25, -0.2) is 0 Å². The van der Waals surface area contributed by atoms with Crippen LogP contribution in [-0.4, -0.2) is 0 Å². The molecular formula is CoIrNiRu. The normalized spacial score (nSPS) is 0. The summed E-state index contributed by atoms with van der Waals surface area (Å²) in [6, 6.07) is 0. The summed E-state index contributed by atoms with van der Waals surface area (Å²) in [5, 5.41) is 0. The fourth-order valence-corrected chi connectivity index (χ4v) is 0. The fourth-order valence-electron chi connectivity index (χ4n) is 0. The van der Waals surface area contributed by atoms with E-state index in [1.54, 1.807) is 0 Å². The Morgan fingerprint density at radius 1 is 1.00 bits per heavy atom. The summed E-state index contributed by atoms with van der Waals surface area (Å²) < 4.78 is 0. The predicted molar refractivity (Wildman–Crippen MR) is 0 cm³/mol. The van der Waals surface area contributed by atoms with Gasteiger partial charge in [0.05, 0.1) is 0 Å². The zero-order valence-corrected chi connectivity index (χ0v) is 7.50. The van der Waals surface area contributed by atoms with Crippen LogP contribution in [0.25, 0.3) is 0 Å². The Hall–Kier alpha value is 2.27. The fraction of sp³-hybridized carbons (Fsp3) is 0. The van der Waals surface area contributed by atoms with Crippen LogP contribution in [0.4, 0.5) is 0 Å². The van der Waals surface area contributed by atoms with Gasteiger partial charge in [0.1, 0.15) is 0 Å². The Morgan fingerprint density at radius 2 is 1.00 bits per heavy atom. The molecule has 0 aliphatic carbocycles. The average Bonchev–Trinajstić information content (AvgIpc) is 0. The van der Waals surface area contributed by atoms with Crippen molar-refractivity contribution in [2.75, 3.05) is 0 Å². The summed E-state index contributed by atoms with van der Waals surface area (Å²) in [4.78, 5) is 0. The van der Waals surface area contributed by atoms with Crippen LogP contribution in [-0.2, 0) is 72.9 Å². The first-order valence-corrected chi connectivity index (χ1v) is 0. The van der Waals surface area contributed by atoms with Crippen molar-refractivity contribution in [2.45, 2.75) is 0 Å². The topological polar surface area (TPSA) is 0 Å². The molecule has 2 radical (unpaired) electrons. The Bertz CT molecular complexity index is 8.00. The maximum atomic E-state index is 0. The van der Waals surface area contributed by atoms with Crippen molar-refractivity contribution in [3.63, 3.8) is 0 Å². The summed E-state index contributed by atoms with van der Waals surface area (Å²) in [7, 11) is 0. The first-order chi connectivity index (χ1) is 0. The molecule has 0 heterocycles. The smallest absolute Gasteiger partial charge is 0 e. The monoisotopic (exact) mass is 412 g/mol. The van der Waals surface area contributed by atoms with Crippen molar-refractivity contribution >= 4 is 0 Å². The third-order valence-electron chi connectivity index (χ3n) is 0. The predicted octanol–water partition coefficient (Wildman–Crippen LogP) is -0.0100. The molecule has 0 rings (SSSR count). The molecule has 0 aromatic heterocycles. The molecule has 0 atom stereocenters. The minimum atomic E-state index is 0. The maximum Gasteiger partial charge on any atom is 0 e. The van der Waals surface area contributed by atoms with E-state index in [-0.39, 0.29) is 72.9 Å². The zero-order chi connectivity index (χ0) is 0. The average molecular weight is 411 g/mol. The molecule has 0 aliphatic rings. The summed E-state index contributed by atoms with van der Waals surface area (Å²) >= 11 is 0. The molecule has 0 saturated heterocycles. The van der Waals surface area contributed by atoms with Crippen LogP contribution in [0.15, 0.2) is 0 Å². The Labute approximate surface area is 72.1 Å². The van der Waals surface area contributed by atoms with Gasteiger partial charge in [0.2, 0.25) is 0 Å². The van der Waals surface area contributed by atoms with Crippen molar-refractivity contribution in [1.29, 1.82) is 0 Å². The molecule has 0 N–H and O–H groups in total. The van der Waals surface area contributed by atoms with Crippen LogP contribution < -0.4 is 0 Å². The van der Waals surface area contributed by atoms with Gasteiger partial charge in [0.25, 0.3) is 0 Å². The largest absolute Gasteiger partial charge is 0 e. The second kappa shape index (κ2) is 18.6. The van der Waals surface area contributed by atoms with E-state index in [2.05, 4.69) is 0 Å². The molecule has 0 aromatic rings. The number of rotatable bonds is 0. The van der Waals surface area contributed by atoms with Gasteiger partial charge in [-0.05, 0) is 0 Å². The molecule has 0 amide bonds. The van der Waals surface area contributed by atoms with Crippen LogP contribution in [0.1, 0.15) is 0 Å². The molecule has 0 spiro atoms. The van der Waals surface area contributed by atoms with Gasteiger partial charge in [-0.1, -0.05) is 0 Å². The van der Waals surface area contributed by atoms with E-state index in [1.807, 2.05) is 0 Å². The van der Waals surface area contributed by atoms with Gasteiger partial charge < -0.3 is 0 Å². The van der Waals surface area contributed by atoms with Crippen molar-refractivity contribution in [1.82, 2.24) is 0 Å². The summed E-state index contributed by atoms with van der Waals surface area (Å²) in [6.07, 6.45) is 0. The Morgan fingerprint density at radius 3 is 1.00 bits per heavy atom. The second-order valence-electron chi connectivity index (χ2n) is 0. The second-order valence-corrected chi connectivity index (χ2v) is 0. The first-order valence-electron chi connectivity index (χ1n) is 0. The zero-order valence-electron chi connectivity index (χ0n) is 1.34. The van der Waals surface area contributed by atoms with E-state index < -0.39 is 0 Å². The summed E-state index contributed by atoms with van der Waals surface area (Å²) in [6.45, 7) is 0. The van der Waals surface area contributed by atoms with E-state index in [4.69, 9.17) is 0 Å². The van der Waals surface area contributed by atoms with Crippen molar-refractivity contribution in [2.24, 2.45) is 0 Å². The van der Waals surface area contributed by atoms with Gasteiger partial charge in [-0.15, -0.1) is 0 Å². The van der Waals surface area contributed by atoms with Crippen molar-refractivity contribution < 1.29 is 72.9 Å².